The molecule has 0 atom stereocenters. The number of benzene rings is 3. The fraction of sp³-hybridized carbons (Fsp3) is 0.167. The zero-order valence-electron chi connectivity index (χ0n) is 16.9. The molecule has 3 rings (SSSR count). The van der Waals surface area contributed by atoms with Gasteiger partial charge >= 0.3 is 5.97 Å². The van der Waals surface area contributed by atoms with E-state index in [-0.39, 0.29) is 12.2 Å². The molecule has 0 fully saturated rings. The first kappa shape index (κ1) is 20.9. The van der Waals surface area contributed by atoms with E-state index in [0.29, 0.717) is 18.0 Å². The molecule has 6 heteroatoms. The number of rotatable bonds is 9. The number of aromatic carboxylic acids is 1. The molecule has 6 nitrogen and oxygen atoms in total. The van der Waals surface area contributed by atoms with E-state index in [0.717, 1.165) is 22.4 Å². The van der Waals surface area contributed by atoms with Crippen molar-refractivity contribution in [3.05, 3.63) is 89.0 Å². The van der Waals surface area contributed by atoms with E-state index in [1.165, 1.54) is 0 Å². The molecule has 3 aromatic carbocycles. The lowest BCUT2D eigenvalue weighted by atomic mass is 10.1. The largest absolute Gasteiger partial charge is 0.497 e. The molecule has 1 N–H and O–H groups in total. The molecule has 30 heavy (non-hydrogen) atoms. The van der Waals surface area contributed by atoms with Crippen LogP contribution >= 0.6 is 0 Å². The van der Waals surface area contributed by atoms with Crippen molar-refractivity contribution in [1.29, 1.82) is 0 Å². The van der Waals surface area contributed by atoms with Gasteiger partial charge in [-0.25, -0.2) is 4.79 Å². The van der Waals surface area contributed by atoms with Gasteiger partial charge < -0.3 is 19.3 Å². The topological polar surface area (TPSA) is 77.4 Å². The van der Waals surface area contributed by atoms with Crippen molar-refractivity contribution >= 4 is 12.2 Å². The monoisotopic (exact) mass is 405 g/mol. The highest BCUT2D eigenvalue weighted by Crippen LogP contribution is 2.28. The first-order valence-electron chi connectivity index (χ1n) is 9.35. The summed E-state index contributed by atoms with van der Waals surface area (Å²) >= 11 is 0. The van der Waals surface area contributed by atoms with Crippen molar-refractivity contribution < 1.29 is 24.1 Å². The molecule has 0 aliphatic carbocycles. The van der Waals surface area contributed by atoms with Crippen LogP contribution in [0.5, 0.6) is 17.2 Å². The van der Waals surface area contributed by atoms with Gasteiger partial charge in [0, 0.05) is 6.21 Å². The van der Waals surface area contributed by atoms with Gasteiger partial charge in [0.1, 0.15) is 12.4 Å². The average Bonchev–Trinajstić information content (AvgIpc) is 2.78. The Bertz CT molecular complexity index is 1030. The summed E-state index contributed by atoms with van der Waals surface area (Å²) in [7, 11) is 3.21. The average molecular weight is 405 g/mol. The van der Waals surface area contributed by atoms with Crippen molar-refractivity contribution in [2.24, 2.45) is 4.99 Å². The molecule has 0 amide bonds. The second kappa shape index (κ2) is 10.1. The van der Waals surface area contributed by atoms with Crippen LogP contribution in [-0.4, -0.2) is 31.5 Å². The number of ether oxygens (including phenoxy) is 3. The minimum atomic E-state index is -0.965. The molecule has 0 unspecified atom stereocenters. The minimum Gasteiger partial charge on any atom is -0.497 e. The number of hydrogen-bond acceptors (Lipinski definition) is 5. The molecule has 0 aliphatic rings. The van der Waals surface area contributed by atoms with Gasteiger partial charge in [-0.1, -0.05) is 24.3 Å². The number of aliphatic imine (C=N–C) groups is 1. The van der Waals surface area contributed by atoms with Crippen molar-refractivity contribution in [2.75, 3.05) is 14.2 Å². The van der Waals surface area contributed by atoms with Crippen molar-refractivity contribution in [1.82, 2.24) is 0 Å². The Morgan fingerprint density at radius 2 is 1.73 bits per heavy atom. The molecule has 0 saturated heterocycles. The van der Waals surface area contributed by atoms with Crippen LogP contribution in [0.3, 0.4) is 0 Å². The number of hydrogen-bond donors (Lipinski definition) is 1. The first-order valence-corrected chi connectivity index (χ1v) is 9.35. The third kappa shape index (κ3) is 5.61. The van der Waals surface area contributed by atoms with E-state index in [1.807, 2.05) is 48.5 Å². The molecule has 0 saturated carbocycles. The standard InChI is InChI=1S/C24H23NO5/c1-28-21-9-6-17(7-10-21)14-25-15-18-8-11-22(23(13-18)29-2)30-16-19-4-3-5-20(12-19)24(26)27/h3-13,15H,14,16H2,1-2H3,(H,26,27). The molecule has 0 spiro atoms. The number of methoxy groups -OCH3 is 2. The fourth-order valence-electron chi connectivity index (χ4n) is 2.83. The van der Waals surface area contributed by atoms with Crippen molar-refractivity contribution in [3.63, 3.8) is 0 Å². The summed E-state index contributed by atoms with van der Waals surface area (Å²) in [6.07, 6.45) is 1.78. The third-order valence-corrected chi connectivity index (χ3v) is 4.43. The number of carboxylic acids is 1. The van der Waals surface area contributed by atoms with Gasteiger partial charge in [-0.05, 0) is 59.2 Å². The second-order valence-electron chi connectivity index (χ2n) is 6.52. The van der Waals surface area contributed by atoms with E-state index < -0.39 is 5.97 Å². The van der Waals surface area contributed by atoms with E-state index >= 15 is 0 Å². The molecule has 154 valence electrons. The van der Waals surface area contributed by atoms with Crippen LogP contribution in [0, 0.1) is 0 Å². The Kier molecular flexibility index (Phi) is 7.05. The van der Waals surface area contributed by atoms with Gasteiger partial charge in [-0.3, -0.25) is 4.99 Å². The van der Waals surface area contributed by atoms with E-state index in [2.05, 4.69) is 4.99 Å². The molecule has 0 heterocycles. The molecule has 3 aromatic rings. The van der Waals surface area contributed by atoms with Crippen LogP contribution in [0.4, 0.5) is 0 Å². The summed E-state index contributed by atoms with van der Waals surface area (Å²) < 4.78 is 16.4. The van der Waals surface area contributed by atoms with Crippen LogP contribution in [0.15, 0.2) is 71.7 Å². The summed E-state index contributed by atoms with van der Waals surface area (Å²) in [5, 5.41) is 9.10. The number of carbonyl (C=O) groups is 1. The zero-order valence-corrected chi connectivity index (χ0v) is 16.9. The molecule has 0 radical (unpaired) electrons. The molecule has 0 aromatic heterocycles. The van der Waals surface area contributed by atoms with Crippen LogP contribution in [0.1, 0.15) is 27.0 Å². The molecule has 0 bridgehead atoms. The van der Waals surface area contributed by atoms with Gasteiger partial charge in [0.05, 0.1) is 26.3 Å². The summed E-state index contributed by atoms with van der Waals surface area (Å²) in [5.74, 6) is 1.01. The summed E-state index contributed by atoms with van der Waals surface area (Å²) in [6.45, 7) is 0.798. The Labute approximate surface area is 175 Å². The van der Waals surface area contributed by atoms with Crippen LogP contribution in [-0.2, 0) is 13.2 Å². The highest BCUT2D eigenvalue weighted by Gasteiger charge is 2.07. The lowest BCUT2D eigenvalue weighted by molar-refractivity contribution is 0.0696. The van der Waals surface area contributed by atoms with Crippen LogP contribution in [0.2, 0.25) is 0 Å². The maximum Gasteiger partial charge on any atom is 0.335 e. The van der Waals surface area contributed by atoms with Gasteiger partial charge in [0.15, 0.2) is 11.5 Å². The lowest BCUT2D eigenvalue weighted by Gasteiger charge is -2.11. The SMILES string of the molecule is COc1ccc(CN=Cc2ccc(OCc3cccc(C(=O)O)c3)c(OC)c2)cc1. The predicted molar refractivity (Wildman–Crippen MR) is 115 cm³/mol. The third-order valence-electron chi connectivity index (χ3n) is 4.43. The Morgan fingerprint density at radius 3 is 2.43 bits per heavy atom. The van der Waals surface area contributed by atoms with Gasteiger partial charge in [-0.15, -0.1) is 0 Å². The maximum absolute atomic E-state index is 11.1. The van der Waals surface area contributed by atoms with Crippen molar-refractivity contribution in [3.8, 4) is 17.2 Å². The van der Waals surface area contributed by atoms with E-state index in [4.69, 9.17) is 19.3 Å². The summed E-state index contributed by atoms with van der Waals surface area (Å²) in [4.78, 5) is 15.6. The maximum atomic E-state index is 11.1. The minimum absolute atomic E-state index is 0.228. The molecular formula is C24H23NO5. The normalized spacial score (nSPS) is 10.7. The first-order chi connectivity index (χ1) is 14.6. The van der Waals surface area contributed by atoms with Gasteiger partial charge in [0.2, 0.25) is 0 Å². The number of carboxylic acid groups (broad SMARTS) is 1. The highest BCUT2D eigenvalue weighted by molar-refractivity contribution is 5.87. The van der Waals surface area contributed by atoms with E-state index in [1.54, 1.807) is 38.6 Å². The van der Waals surface area contributed by atoms with E-state index in [9.17, 15) is 4.79 Å². The lowest BCUT2D eigenvalue weighted by Crippen LogP contribution is -2.01. The quantitative estimate of drug-likeness (QED) is 0.527. The van der Waals surface area contributed by atoms with Gasteiger partial charge in [0.25, 0.3) is 0 Å². The van der Waals surface area contributed by atoms with Crippen molar-refractivity contribution in [2.45, 2.75) is 13.2 Å². The Balaban J connectivity index is 1.63. The van der Waals surface area contributed by atoms with Crippen LogP contribution < -0.4 is 14.2 Å². The highest BCUT2D eigenvalue weighted by atomic mass is 16.5. The Morgan fingerprint density at radius 1 is 0.933 bits per heavy atom. The predicted octanol–water partition coefficient (Wildman–Crippen LogP) is 4.60. The second-order valence-corrected chi connectivity index (χ2v) is 6.52. The smallest absolute Gasteiger partial charge is 0.335 e. The zero-order chi connectivity index (χ0) is 21.3. The fourth-order valence-corrected chi connectivity index (χ4v) is 2.83. The van der Waals surface area contributed by atoms with Gasteiger partial charge in [-0.2, -0.15) is 0 Å². The summed E-state index contributed by atoms with van der Waals surface area (Å²) in [6, 6.07) is 20.0. The van der Waals surface area contributed by atoms with Crippen LogP contribution in [0.25, 0.3) is 0 Å². The number of nitrogens with zero attached hydrogens (tertiary/aromatic N) is 1. The Hall–Kier alpha value is -3.80. The molecular weight excluding hydrogens is 382 g/mol. The summed E-state index contributed by atoms with van der Waals surface area (Å²) in [5.41, 5.74) is 2.97. The molecule has 0 aliphatic heterocycles.